The number of hydrogen-bond acceptors (Lipinski definition) is 4. The van der Waals surface area contributed by atoms with Crippen LogP contribution in [-0.4, -0.2) is 53.5 Å². The number of aliphatic hydroxyl groups excluding tert-OH is 1. The molecule has 1 amide bonds. The van der Waals surface area contributed by atoms with Gasteiger partial charge >= 0.3 is 0 Å². The smallest absolute Gasteiger partial charge is 0.220 e. The van der Waals surface area contributed by atoms with Crippen LogP contribution in [0.25, 0.3) is 0 Å². The zero-order chi connectivity index (χ0) is 23.9. The summed E-state index contributed by atoms with van der Waals surface area (Å²) in [4.78, 5) is 27.6. The topological polar surface area (TPSA) is 69.6 Å². The first-order valence-corrected chi connectivity index (χ1v) is 13.5. The van der Waals surface area contributed by atoms with Crippen LogP contribution in [-0.2, 0) is 4.79 Å². The Morgan fingerprint density at radius 2 is 1.65 bits per heavy atom. The van der Waals surface area contributed by atoms with E-state index in [1.54, 1.807) is 12.1 Å². The van der Waals surface area contributed by atoms with Crippen molar-refractivity contribution >= 4 is 11.7 Å². The number of rotatable bonds is 8. The van der Waals surface area contributed by atoms with E-state index in [0.29, 0.717) is 23.9 Å². The van der Waals surface area contributed by atoms with Gasteiger partial charge in [-0.3, -0.25) is 9.59 Å². The molecule has 1 aromatic carbocycles. The molecule has 2 saturated carbocycles. The molecule has 0 spiro atoms. The summed E-state index contributed by atoms with van der Waals surface area (Å²) in [5, 5.41) is 13.1. The Morgan fingerprint density at radius 3 is 2.32 bits per heavy atom. The zero-order valence-corrected chi connectivity index (χ0v) is 20.4. The molecule has 1 aliphatic heterocycles. The first kappa shape index (κ1) is 25.3. The second kappa shape index (κ2) is 12.3. The molecule has 0 bridgehead atoms. The predicted molar refractivity (Wildman–Crippen MR) is 131 cm³/mol. The van der Waals surface area contributed by atoms with Crippen LogP contribution in [0.15, 0.2) is 24.3 Å². The number of benzene rings is 1. The number of carbonyl (C=O) groups is 2. The Labute approximate surface area is 203 Å². The number of ketones is 1. The van der Waals surface area contributed by atoms with E-state index in [-0.39, 0.29) is 29.5 Å². The number of nitrogens with zero attached hydrogens (tertiary/aromatic N) is 1. The summed E-state index contributed by atoms with van der Waals surface area (Å²) in [6.45, 7) is 3.00. The molecule has 3 aliphatic rings. The summed E-state index contributed by atoms with van der Waals surface area (Å²) in [7, 11) is 0. The molecule has 3 fully saturated rings. The van der Waals surface area contributed by atoms with Crippen molar-refractivity contribution < 1.29 is 19.1 Å². The van der Waals surface area contributed by atoms with Gasteiger partial charge in [0.1, 0.15) is 5.82 Å². The lowest BCUT2D eigenvalue weighted by atomic mass is 9.83. The molecule has 0 aromatic heterocycles. The van der Waals surface area contributed by atoms with Gasteiger partial charge < -0.3 is 15.3 Å². The van der Waals surface area contributed by atoms with E-state index in [2.05, 4.69) is 10.2 Å². The number of piperidine rings is 1. The van der Waals surface area contributed by atoms with Gasteiger partial charge in [-0.25, -0.2) is 4.39 Å². The molecule has 6 heteroatoms. The minimum atomic E-state index is -0.303. The van der Waals surface area contributed by atoms with Crippen LogP contribution in [0, 0.1) is 23.6 Å². The fourth-order valence-corrected chi connectivity index (χ4v) is 6.23. The van der Waals surface area contributed by atoms with Crippen LogP contribution in [0.5, 0.6) is 0 Å². The maximum Gasteiger partial charge on any atom is 0.220 e. The van der Waals surface area contributed by atoms with E-state index < -0.39 is 0 Å². The Balaban J connectivity index is 1.09. The zero-order valence-electron chi connectivity index (χ0n) is 20.4. The first-order valence-electron chi connectivity index (χ1n) is 13.5. The lowest BCUT2D eigenvalue weighted by Gasteiger charge is -2.34. The summed E-state index contributed by atoms with van der Waals surface area (Å²) < 4.78 is 13.1. The van der Waals surface area contributed by atoms with Gasteiger partial charge in [-0.15, -0.1) is 0 Å². The molecule has 34 heavy (non-hydrogen) atoms. The number of Topliss-reactive ketones (excluding diaryl/α,β-unsaturated/α-hetero) is 1. The fourth-order valence-electron chi connectivity index (χ4n) is 6.23. The van der Waals surface area contributed by atoms with E-state index in [4.69, 9.17) is 0 Å². The van der Waals surface area contributed by atoms with E-state index in [9.17, 15) is 19.1 Å². The van der Waals surface area contributed by atoms with Crippen molar-refractivity contribution in [3.63, 3.8) is 0 Å². The summed E-state index contributed by atoms with van der Waals surface area (Å²) in [6, 6.07) is 6.24. The monoisotopic (exact) mass is 472 g/mol. The lowest BCUT2D eigenvalue weighted by Crippen LogP contribution is -2.40. The van der Waals surface area contributed by atoms with Crippen LogP contribution in [0.4, 0.5) is 4.39 Å². The summed E-state index contributed by atoms with van der Waals surface area (Å²) in [6.07, 6.45) is 11.5. The summed E-state index contributed by atoms with van der Waals surface area (Å²) in [5.74, 6) is 1.14. The molecule has 4 rings (SSSR count). The average molecular weight is 473 g/mol. The van der Waals surface area contributed by atoms with Crippen molar-refractivity contribution in [2.24, 2.45) is 17.8 Å². The number of halogens is 1. The highest BCUT2D eigenvalue weighted by Gasteiger charge is 2.28. The molecule has 1 aromatic rings. The molecule has 2 aliphatic carbocycles. The van der Waals surface area contributed by atoms with E-state index in [0.717, 1.165) is 76.9 Å². The van der Waals surface area contributed by atoms with Crippen molar-refractivity contribution in [2.45, 2.75) is 89.2 Å². The van der Waals surface area contributed by atoms with Gasteiger partial charge in [0.15, 0.2) is 5.78 Å². The molecule has 1 heterocycles. The second-order valence-electron chi connectivity index (χ2n) is 11.0. The van der Waals surface area contributed by atoms with Gasteiger partial charge in [0.05, 0.1) is 6.10 Å². The third-order valence-corrected chi connectivity index (χ3v) is 8.38. The van der Waals surface area contributed by atoms with E-state index in [1.807, 2.05) is 0 Å². The van der Waals surface area contributed by atoms with Crippen LogP contribution in [0.3, 0.4) is 0 Å². The Kier molecular flexibility index (Phi) is 9.12. The number of aliphatic hydroxyl groups is 1. The van der Waals surface area contributed by atoms with Gasteiger partial charge in [0.2, 0.25) is 5.91 Å². The molecular weight excluding hydrogens is 431 g/mol. The van der Waals surface area contributed by atoms with Gasteiger partial charge in [0, 0.05) is 23.9 Å². The molecule has 188 valence electrons. The summed E-state index contributed by atoms with van der Waals surface area (Å²) in [5.41, 5.74) is 0.625. The number of carbonyl (C=O) groups excluding carboxylic acids is 2. The Morgan fingerprint density at radius 1 is 0.941 bits per heavy atom. The van der Waals surface area contributed by atoms with Crippen molar-refractivity contribution in [1.82, 2.24) is 10.2 Å². The van der Waals surface area contributed by atoms with Gasteiger partial charge in [-0.05, 0) is 120 Å². The molecule has 0 radical (unpaired) electrons. The normalized spacial score (nSPS) is 29.0. The predicted octanol–water partition coefficient (Wildman–Crippen LogP) is 4.73. The van der Waals surface area contributed by atoms with Crippen molar-refractivity contribution in [2.75, 3.05) is 19.6 Å². The van der Waals surface area contributed by atoms with Gasteiger partial charge in [0.25, 0.3) is 0 Å². The third-order valence-electron chi connectivity index (χ3n) is 8.38. The maximum atomic E-state index is 13.1. The van der Waals surface area contributed by atoms with E-state index in [1.165, 1.54) is 31.4 Å². The van der Waals surface area contributed by atoms with Gasteiger partial charge in [-0.2, -0.15) is 0 Å². The highest BCUT2D eigenvalue weighted by Crippen LogP contribution is 2.30. The van der Waals surface area contributed by atoms with E-state index >= 15 is 0 Å². The van der Waals surface area contributed by atoms with Crippen molar-refractivity contribution in [3.8, 4) is 0 Å². The molecule has 2 N–H and O–H groups in total. The highest BCUT2D eigenvalue weighted by molar-refractivity contribution is 5.97. The second-order valence-corrected chi connectivity index (χ2v) is 11.0. The number of nitrogens with one attached hydrogen (secondary N) is 1. The molecular formula is C28H41FN2O3. The number of likely N-dealkylation sites (tertiary alicyclic amines) is 1. The molecule has 1 saturated heterocycles. The standard InChI is InChI=1S/C28H41FN2O3/c29-24-8-6-22(7-9-24)28(34)23-13-16-31(17-14-23)15-12-20-4-10-25(11-5-20)30-27(33)19-21-2-1-3-26(32)18-21/h6-9,20-21,23,25-26,32H,1-5,10-19H2,(H,30,33)/t20-,21-,25+,26-/m1/s1. The lowest BCUT2D eigenvalue weighted by molar-refractivity contribution is -0.123. The van der Waals surface area contributed by atoms with Gasteiger partial charge in [-0.1, -0.05) is 6.42 Å². The molecule has 2 atom stereocenters. The first-order chi connectivity index (χ1) is 16.5. The van der Waals surface area contributed by atoms with Crippen LogP contribution in [0.1, 0.15) is 87.4 Å². The minimum absolute atomic E-state index is 0.0534. The van der Waals surface area contributed by atoms with Crippen LogP contribution in [0.2, 0.25) is 0 Å². The Hall–Kier alpha value is -1.79. The summed E-state index contributed by atoms with van der Waals surface area (Å²) >= 11 is 0. The largest absolute Gasteiger partial charge is 0.393 e. The molecule has 0 unspecified atom stereocenters. The fraction of sp³-hybridized carbons (Fsp3) is 0.714. The maximum absolute atomic E-state index is 13.1. The number of amides is 1. The molecule has 5 nitrogen and oxygen atoms in total. The van der Waals surface area contributed by atoms with Crippen LogP contribution >= 0.6 is 0 Å². The number of hydrogen-bond donors (Lipinski definition) is 2. The highest BCUT2D eigenvalue weighted by atomic mass is 19.1. The minimum Gasteiger partial charge on any atom is -0.393 e. The van der Waals surface area contributed by atoms with Crippen LogP contribution < -0.4 is 5.32 Å². The average Bonchev–Trinajstić information content (AvgIpc) is 2.84. The third kappa shape index (κ3) is 7.35. The Bertz CT molecular complexity index is 798. The SMILES string of the molecule is O=C(C[C@@H]1CCC[C@@H](O)C1)N[C@H]1CC[C@@H](CCN2CCC(C(=O)c3ccc(F)cc3)CC2)CC1. The van der Waals surface area contributed by atoms with Crippen molar-refractivity contribution in [3.05, 3.63) is 35.6 Å². The quantitative estimate of drug-likeness (QED) is 0.537. The van der Waals surface area contributed by atoms with Crippen molar-refractivity contribution in [1.29, 1.82) is 0 Å².